The van der Waals surface area contributed by atoms with Crippen molar-refractivity contribution in [3.05, 3.63) is 100 Å². The van der Waals surface area contributed by atoms with Gasteiger partial charge in [0.25, 0.3) is 0 Å². The number of rotatable bonds is 6. The molecule has 8 heteroatoms. The van der Waals surface area contributed by atoms with Gasteiger partial charge in [-0.1, -0.05) is 30.3 Å². The summed E-state index contributed by atoms with van der Waals surface area (Å²) < 4.78 is 21.3. The Morgan fingerprint density at radius 2 is 1.83 bits per heavy atom. The molecule has 0 aliphatic carbocycles. The van der Waals surface area contributed by atoms with E-state index in [1.54, 1.807) is 42.5 Å². The lowest BCUT2D eigenvalue weighted by Gasteiger charge is -2.26. The number of methoxy groups -OCH3 is 1. The van der Waals surface area contributed by atoms with Crippen molar-refractivity contribution in [2.75, 3.05) is 13.7 Å². The fraction of sp³-hybridized carbons (Fsp3) is 0.148. The van der Waals surface area contributed by atoms with Crippen LogP contribution >= 0.6 is 0 Å². The molecule has 0 spiro atoms. The highest BCUT2D eigenvalue weighted by Gasteiger charge is 2.31. The third-order valence-corrected chi connectivity index (χ3v) is 5.43. The quantitative estimate of drug-likeness (QED) is 0.424. The molecule has 1 unspecified atom stereocenters. The third kappa shape index (κ3) is 5.09. The van der Waals surface area contributed by atoms with E-state index < -0.39 is 17.9 Å². The van der Waals surface area contributed by atoms with Crippen molar-refractivity contribution in [1.29, 1.82) is 5.26 Å². The normalized spacial score (nSPS) is 14.3. The Hall–Kier alpha value is -4.77. The van der Waals surface area contributed by atoms with E-state index in [9.17, 15) is 14.9 Å². The molecule has 35 heavy (non-hydrogen) atoms. The van der Waals surface area contributed by atoms with E-state index in [1.807, 2.05) is 25.1 Å². The predicted molar refractivity (Wildman–Crippen MR) is 126 cm³/mol. The molecule has 0 amide bonds. The van der Waals surface area contributed by atoms with Gasteiger partial charge in [0.15, 0.2) is 6.61 Å². The Kier molecular flexibility index (Phi) is 6.69. The molecule has 8 nitrogen and oxygen atoms in total. The first-order valence-corrected chi connectivity index (χ1v) is 10.7. The van der Waals surface area contributed by atoms with E-state index >= 15 is 0 Å². The summed E-state index contributed by atoms with van der Waals surface area (Å²) in [7, 11) is 1.31. The molecule has 1 atom stereocenters. The van der Waals surface area contributed by atoms with Crippen molar-refractivity contribution in [2.45, 2.75) is 12.8 Å². The summed E-state index contributed by atoms with van der Waals surface area (Å²) in [6.07, 6.45) is 0. The van der Waals surface area contributed by atoms with E-state index in [-0.39, 0.29) is 23.8 Å². The first-order valence-electron chi connectivity index (χ1n) is 10.7. The molecule has 1 aliphatic heterocycles. The van der Waals surface area contributed by atoms with E-state index in [2.05, 4.69) is 6.07 Å². The highest BCUT2D eigenvalue weighted by Crippen LogP contribution is 2.43. The van der Waals surface area contributed by atoms with Gasteiger partial charge in [-0.2, -0.15) is 5.26 Å². The van der Waals surface area contributed by atoms with Crippen LogP contribution in [-0.4, -0.2) is 25.7 Å². The molecule has 1 aliphatic rings. The van der Waals surface area contributed by atoms with Gasteiger partial charge in [0.2, 0.25) is 5.88 Å². The van der Waals surface area contributed by atoms with Crippen LogP contribution in [0.25, 0.3) is 0 Å². The number of aryl methyl sites for hydroxylation is 1. The molecule has 0 saturated carbocycles. The van der Waals surface area contributed by atoms with Crippen LogP contribution in [-0.2, 0) is 9.53 Å². The number of carbonyl (C=O) groups excluding carboxylic acids is 2. The number of carbonyl (C=O) groups is 2. The molecule has 0 saturated heterocycles. The molecular formula is C27H22N2O6. The Labute approximate surface area is 202 Å². The SMILES string of the molecule is COC(=O)c1ccc(C2C(C#N)=C(N)Oc3cc(OC(=O)COc4cccc(C)c4)ccc32)cc1. The number of esters is 2. The first kappa shape index (κ1) is 23.4. The lowest BCUT2D eigenvalue weighted by atomic mass is 9.83. The molecule has 0 fully saturated rings. The van der Waals surface area contributed by atoms with Crippen LogP contribution in [0.5, 0.6) is 17.2 Å². The number of benzene rings is 3. The van der Waals surface area contributed by atoms with Crippen LogP contribution < -0.4 is 19.9 Å². The lowest BCUT2D eigenvalue weighted by Crippen LogP contribution is -2.22. The molecule has 0 aromatic heterocycles. The van der Waals surface area contributed by atoms with Gasteiger partial charge in [0, 0.05) is 11.6 Å². The van der Waals surface area contributed by atoms with Crippen LogP contribution in [0.1, 0.15) is 33.0 Å². The van der Waals surface area contributed by atoms with E-state index in [0.29, 0.717) is 22.6 Å². The summed E-state index contributed by atoms with van der Waals surface area (Å²) in [5.74, 6) is -0.448. The Morgan fingerprint density at radius 1 is 1.06 bits per heavy atom. The van der Waals surface area contributed by atoms with E-state index in [1.165, 1.54) is 13.2 Å². The second kappa shape index (κ2) is 10.0. The second-order valence-corrected chi connectivity index (χ2v) is 7.82. The number of nitriles is 1. The minimum absolute atomic E-state index is 0.0479. The highest BCUT2D eigenvalue weighted by atomic mass is 16.6. The lowest BCUT2D eigenvalue weighted by molar-refractivity contribution is -0.136. The van der Waals surface area contributed by atoms with Crippen molar-refractivity contribution in [3.8, 4) is 23.3 Å². The summed E-state index contributed by atoms with van der Waals surface area (Å²) in [4.78, 5) is 24.1. The maximum absolute atomic E-state index is 12.3. The van der Waals surface area contributed by atoms with Crippen LogP contribution in [0.3, 0.4) is 0 Å². The highest BCUT2D eigenvalue weighted by molar-refractivity contribution is 5.89. The minimum atomic E-state index is -0.585. The molecule has 2 N–H and O–H groups in total. The summed E-state index contributed by atoms with van der Waals surface area (Å²) in [6.45, 7) is 1.66. The molecule has 0 radical (unpaired) electrons. The topological polar surface area (TPSA) is 121 Å². The average Bonchev–Trinajstić information content (AvgIpc) is 2.86. The largest absolute Gasteiger partial charge is 0.482 e. The van der Waals surface area contributed by atoms with Gasteiger partial charge in [-0.15, -0.1) is 0 Å². The van der Waals surface area contributed by atoms with Gasteiger partial charge in [0.05, 0.1) is 18.6 Å². The molecule has 1 heterocycles. The van der Waals surface area contributed by atoms with Crippen molar-refractivity contribution < 1.29 is 28.5 Å². The Balaban J connectivity index is 1.55. The molecule has 4 rings (SSSR count). The first-order chi connectivity index (χ1) is 16.9. The number of nitrogens with two attached hydrogens (primary N) is 1. The summed E-state index contributed by atoms with van der Waals surface area (Å²) in [5.41, 5.74) is 9.07. The standard InChI is InChI=1S/C27H22N2O6/c1-16-4-3-5-19(12-16)33-15-24(30)34-20-10-11-21-23(13-20)35-26(29)22(14-28)25(21)17-6-8-18(9-7-17)27(31)32-2/h3-13,25H,15,29H2,1-2H3. The van der Waals surface area contributed by atoms with Crippen LogP contribution in [0.2, 0.25) is 0 Å². The van der Waals surface area contributed by atoms with Gasteiger partial charge in [0.1, 0.15) is 28.9 Å². The maximum Gasteiger partial charge on any atom is 0.349 e. The van der Waals surface area contributed by atoms with Crippen LogP contribution in [0.15, 0.2) is 78.2 Å². The van der Waals surface area contributed by atoms with Gasteiger partial charge in [-0.3, -0.25) is 0 Å². The summed E-state index contributed by atoms with van der Waals surface area (Å²) in [5, 5.41) is 9.72. The maximum atomic E-state index is 12.3. The zero-order chi connectivity index (χ0) is 24.9. The van der Waals surface area contributed by atoms with Crippen LogP contribution in [0.4, 0.5) is 0 Å². The average molecular weight is 470 g/mol. The van der Waals surface area contributed by atoms with E-state index in [0.717, 1.165) is 11.1 Å². The fourth-order valence-corrected chi connectivity index (χ4v) is 3.78. The second-order valence-electron chi connectivity index (χ2n) is 7.82. The zero-order valence-electron chi connectivity index (χ0n) is 19.1. The van der Waals surface area contributed by atoms with Crippen LogP contribution in [0, 0.1) is 18.3 Å². The predicted octanol–water partition coefficient (Wildman–Crippen LogP) is 3.98. The molecule has 0 bridgehead atoms. The Morgan fingerprint density at radius 3 is 2.51 bits per heavy atom. The minimum Gasteiger partial charge on any atom is -0.482 e. The summed E-state index contributed by atoms with van der Waals surface area (Å²) in [6, 6.07) is 21.0. The molecule has 3 aromatic carbocycles. The van der Waals surface area contributed by atoms with Crippen molar-refractivity contribution >= 4 is 11.9 Å². The van der Waals surface area contributed by atoms with Gasteiger partial charge < -0.3 is 24.7 Å². The third-order valence-electron chi connectivity index (χ3n) is 5.43. The van der Waals surface area contributed by atoms with Crippen molar-refractivity contribution in [1.82, 2.24) is 0 Å². The monoisotopic (exact) mass is 470 g/mol. The molecular weight excluding hydrogens is 448 g/mol. The van der Waals surface area contributed by atoms with E-state index in [4.69, 9.17) is 24.7 Å². The number of hydrogen-bond donors (Lipinski definition) is 1. The molecule has 3 aromatic rings. The number of hydrogen-bond acceptors (Lipinski definition) is 8. The van der Waals surface area contributed by atoms with Gasteiger partial charge in [-0.25, -0.2) is 9.59 Å². The smallest absolute Gasteiger partial charge is 0.349 e. The van der Waals surface area contributed by atoms with Crippen molar-refractivity contribution in [3.63, 3.8) is 0 Å². The van der Waals surface area contributed by atoms with Gasteiger partial charge in [-0.05, 0) is 48.4 Å². The number of ether oxygens (including phenoxy) is 4. The van der Waals surface area contributed by atoms with Gasteiger partial charge >= 0.3 is 11.9 Å². The number of fused-ring (bicyclic) bond motifs is 1. The fourth-order valence-electron chi connectivity index (χ4n) is 3.78. The zero-order valence-corrected chi connectivity index (χ0v) is 19.1. The summed E-state index contributed by atoms with van der Waals surface area (Å²) >= 11 is 0. The number of nitrogens with zero attached hydrogens (tertiary/aromatic N) is 1. The van der Waals surface area contributed by atoms with Crippen molar-refractivity contribution in [2.24, 2.45) is 5.73 Å². The number of allylic oxidation sites excluding steroid dienone is 1. The molecule has 176 valence electrons. The Bertz CT molecular complexity index is 1350.